The van der Waals surface area contributed by atoms with Crippen molar-refractivity contribution in [2.45, 2.75) is 25.7 Å². The fourth-order valence-electron chi connectivity index (χ4n) is 3.26. The quantitative estimate of drug-likeness (QED) is 0.711. The second-order valence-corrected chi connectivity index (χ2v) is 7.19. The van der Waals surface area contributed by atoms with E-state index in [0.717, 1.165) is 35.8 Å². The summed E-state index contributed by atoms with van der Waals surface area (Å²) >= 11 is 1.53. The summed E-state index contributed by atoms with van der Waals surface area (Å²) in [5.41, 5.74) is 0.214. The lowest BCUT2D eigenvalue weighted by atomic mass is 9.97. The Balaban J connectivity index is 2.02. The molecule has 0 fully saturated rings. The van der Waals surface area contributed by atoms with E-state index in [4.69, 9.17) is 0 Å². The molecule has 0 aliphatic heterocycles. The van der Waals surface area contributed by atoms with Crippen LogP contribution in [0.15, 0.2) is 20.6 Å². The zero-order chi connectivity index (χ0) is 17.0. The number of thiophene rings is 1. The number of hydrogen-bond donors (Lipinski definition) is 1. The Hall–Kier alpha value is -2.48. The first-order valence-corrected chi connectivity index (χ1v) is 8.60. The van der Waals surface area contributed by atoms with E-state index in [-0.39, 0.29) is 16.9 Å². The molecular weight excluding hydrogens is 328 g/mol. The predicted octanol–water partition coefficient (Wildman–Crippen LogP) is 0.928. The van der Waals surface area contributed by atoms with E-state index in [2.05, 4.69) is 9.97 Å². The molecule has 1 N–H and O–H groups in total. The van der Waals surface area contributed by atoms with Gasteiger partial charge in [0.15, 0.2) is 0 Å². The molecule has 0 amide bonds. The third-order valence-electron chi connectivity index (χ3n) is 4.53. The highest BCUT2D eigenvalue weighted by atomic mass is 32.1. The third kappa shape index (κ3) is 2.10. The summed E-state index contributed by atoms with van der Waals surface area (Å²) in [5, 5.41) is 0.653. The van der Waals surface area contributed by atoms with Gasteiger partial charge in [-0.15, -0.1) is 11.3 Å². The Kier molecular flexibility index (Phi) is 3.31. The van der Waals surface area contributed by atoms with Gasteiger partial charge in [-0.25, -0.2) is 9.78 Å². The molecule has 0 atom stereocenters. The Bertz CT molecular complexity index is 1150. The number of nitrogens with zero attached hydrogens (tertiary/aromatic N) is 3. The van der Waals surface area contributed by atoms with Crippen molar-refractivity contribution < 1.29 is 0 Å². The molecule has 4 rings (SSSR count). The largest absolute Gasteiger partial charge is 0.330 e. The lowest BCUT2D eigenvalue weighted by molar-refractivity contribution is 0.687. The van der Waals surface area contributed by atoms with Gasteiger partial charge in [-0.05, 0) is 31.2 Å². The summed E-state index contributed by atoms with van der Waals surface area (Å²) in [6.07, 6.45) is 5.52. The number of aromatic nitrogens is 4. The maximum absolute atomic E-state index is 12.6. The van der Waals surface area contributed by atoms with E-state index in [0.29, 0.717) is 10.2 Å². The molecule has 8 heteroatoms. The molecular formula is C16H16N4O3S. The Morgan fingerprint density at radius 1 is 1.17 bits per heavy atom. The van der Waals surface area contributed by atoms with Crippen LogP contribution in [0, 0.1) is 0 Å². The molecule has 0 saturated heterocycles. The van der Waals surface area contributed by atoms with Crippen LogP contribution in [0.3, 0.4) is 0 Å². The van der Waals surface area contributed by atoms with E-state index in [1.165, 1.54) is 34.0 Å². The maximum atomic E-state index is 12.6. The zero-order valence-electron chi connectivity index (χ0n) is 13.4. The van der Waals surface area contributed by atoms with Crippen LogP contribution < -0.4 is 16.8 Å². The first-order chi connectivity index (χ1) is 11.5. The molecule has 3 aromatic rings. The monoisotopic (exact) mass is 344 g/mol. The average molecular weight is 344 g/mol. The van der Waals surface area contributed by atoms with Gasteiger partial charge in [0.2, 0.25) is 0 Å². The van der Waals surface area contributed by atoms with Gasteiger partial charge >= 0.3 is 5.69 Å². The molecule has 0 spiro atoms. The fraction of sp³-hybridized carbons (Fsp3) is 0.375. The molecule has 0 radical (unpaired) electrons. The lowest BCUT2D eigenvalue weighted by Gasteiger charge is -2.09. The molecule has 3 heterocycles. The standard InChI is InChI=1S/C16H16N4O3S/c1-19-7-9(15(22)20(2)16(19)23)12-17-13(21)11-8-5-3-4-6-10(8)24-14(11)18-12/h7H,3-6H2,1-2H3,(H,17,18,21). The van der Waals surface area contributed by atoms with Crippen molar-refractivity contribution in [3.05, 3.63) is 47.8 Å². The Morgan fingerprint density at radius 3 is 2.71 bits per heavy atom. The molecule has 0 saturated carbocycles. The topological polar surface area (TPSA) is 89.8 Å². The zero-order valence-corrected chi connectivity index (χ0v) is 14.2. The summed E-state index contributed by atoms with van der Waals surface area (Å²) in [7, 11) is 2.97. The van der Waals surface area contributed by atoms with Crippen LogP contribution in [0.25, 0.3) is 21.6 Å². The number of aromatic amines is 1. The minimum absolute atomic E-state index is 0.210. The minimum Gasteiger partial charge on any atom is -0.306 e. The Morgan fingerprint density at radius 2 is 1.92 bits per heavy atom. The number of fused-ring (bicyclic) bond motifs is 3. The highest BCUT2D eigenvalue weighted by molar-refractivity contribution is 7.18. The highest BCUT2D eigenvalue weighted by Crippen LogP contribution is 2.33. The van der Waals surface area contributed by atoms with Gasteiger partial charge < -0.3 is 9.55 Å². The van der Waals surface area contributed by atoms with Gasteiger partial charge in [-0.1, -0.05) is 0 Å². The van der Waals surface area contributed by atoms with Crippen LogP contribution in [-0.2, 0) is 26.9 Å². The van der Waals surface area contributed by atoms with Crippen LogP contribution in [0.4, 0.5) is 0 Å². The smallest absolute Gasteiger partial charge is 0.306 e. The molecule has 1 aliphatic rings. The molecule has 7 nitrogen and oxygen atoms in total. The van der Waals surface area contributed by atoms with Crippen LogP contribution in [-0.4, -0.2) is 19.1 Å². The third-order valence-corrected chi connectivity index (χ3v) is 5.71. The van der Waals surface area contributed by atoms with Crippen LogP contribution >= 0.6 is 11.3 Å². The first-order valence-electron chi connectivity index (χ1n) is 7.79. The molecule has 0 bridgehead atoms. The predicted molar refractivity (Wildman–Crippen MR) is 92.8 cm³/mol. The number of H-pyrrole nitrogens is 1. The van der Waals surface area contributed by atoms with Crippen molar-refractivity contribution in [1.82, 2.24) is 19.1 Å². The number of aryl methyl sites for hydroxylation is 3. The molecule has 124 valence electrons. The van der Waals surface area contributed by atoms with Gasteiger partial charge in [0.05, 0.1) is 10.9 Å². The van der Waals surface area contributed by atoms with Crippen LogP contribution in [0.5, 0.6) is 0 Å². The van der Waals surface area contributed by atoms with E-state index in [1.54, 1.807) is 7.05 Å². The van der Waals surface area contributed by atoms with Gasteiger partial charge in [0.25, 0.3) is 11.1 Å². The van der Waals surface area contributed by atoms with Gasteiger partial charge in [0.1, 0.15) is 10.7 Å². The summed E-state index contributed by atoms with van der Waals surface area (Å²) in [4.78, 5) is 45.9. The average Bonchev–Trinajstić information content (AvgIpc) is 2.95. The van der Waals surface area contributed by atoms with Crippen molar-refractivity contribution in [3.63, 3.8) is 0 Å². The summed E-state index contributed by atoms with van der Waals surface area (Å²) in [5.74, 6) is 0.210. The second-order valence-electron chi connectivity index (χ2n) is 6.11. The van der Waals surface area contributed by atoms with Crippen molar-refractivity contribution >= 4 is 21.6 Å². The minimum atomic E-state index is -0.470. The molecule has 0 aromatic carbocycles. The molecule has 24 heavy (non-hydrogen) atoms. The van der Waals surface area contributed by atoms with Gasteiger partial charge in [-0.3, -0.25) is 14.2 Å². The van der Waals surface area contributed by atoms with Crippen molar-refractivity contribution in [2.24, 2.45) is 14.1 Å². The van der Waals surface area contributed by atoms with Gasteiger partial charge in [-0.2, -0.15) is 0 Å². The second kappa shape index (κ2) is 5.27. The van der Waals surface area contributed by atoms with E-state index >= 15 is 0 Å². The van der Waals surface area contributed by atoms with E-state index in [1.807, 2.05) is 0 Å². The van der Waals surface area contributed by atoms with E-state index in [9.17, 15) is 14.4 Å². The van der Waals surface area contributed by atoms with E-state index < -0.39 is 11.2 Å². The fourth-order valence-corrected chi connectivity index (χ4v) is 4.52. The summed E-state index contributed by atoms with van der Waals surface area (Å²) < 4.78 is 2.32. The SMILES string of the molecule is Cn1cc(-c2nc3sc4c(c3c(=O)[nH]2)CCCC4)c(=O)n(C)c1=O. The van der Waals surface area contributed by atoms with Crippen LogP contribution in [0.1, 0.15) is 23.3 Å². The van der Waals surface area contributed by atoms with Crippen LogP contribution in [0.2, 0.25) is 0 Å². The number of rotatable bonds is 1. The molecule has 1 aliphatic carbocycles. The first kappa shape index (κ1) is 15.1. The Labute approximate surface area is 140 Å². The molecule has 0 unspecified atom stereocenters. The van der Waals surface area contributed by atoms with Crippen molar-refractivity contribution in [3.8, 4) is 11.4 Å². The maximum Gasteiger partial charge on any atom is 0.330 e. The molecule has 3 aromatic heterocycles. The van der Waals surface area contributed by atoms with Crippen molar-refractivity contribution in [1.29, 1.82) is 0 Å². The van der Waals surface area contributed by atoms with Crippen molar-refractivity contribution in [2.75, 3.05) is 0 Å². The summed E-state index contributed by atoms with van der Waals surface area (Å²) in [6.45, 7) is 0. The number of hydrogen-bond acceptors (Lipinski definition) is 5. The lowest BCUT2D eigenvalue weighted by Crippen LogP contribution is -2.37. The number of nitrogens with one attached hydrogen (secondary N) is 1. The summed E-state index contributed by atoms with van der Waals surface area (Å²) in [6, 6.07) is 0. The normalized spacial score (nSPS) is 14.1. The highest BCUT2D eigenvalue weighted by Gasteiger charge is 2.21. The van der Waals surface area contributed by atoms with Gasteiger partial charge in [0, 0.05) is 25.2 Å².